The number of carbonyl (C=O) groups excluding carboxylic acids is 2. The topological polar surface area (TPSA) is 55.4 Å². The van der Waals surface area contributed by atoms with Gasteiger partial charge in [-0.1, -0.05) is 58.0 Å². The second kappa shape index (κ2) is 9.29. The van der Waals surface area contributed by atoms with Crippen LogP contribution in [0.15, 0.2) is 74.0 Å². The van der Waals surface area contributed by atoms with Crippen molar-refractivity contribution in [2.24, 2.45) is 10.8 Å². The van der Waals surface area contributed by atoms with E-state index in [0.717, 1.165) is 55.5 Å². The fourth-order valence-electron chi connectivity index (χ4n) is 5.84. The summed E-state index contributed by atoms with van der Waals surface area (Å²) in [6.45, 7) is 8.99. The molecule has 3 aliphatic rings. The average molecular weight is 613 g/mol. The number of allylic oxidation sites excluding steroid dienone is 4. The predicted molar refractivity (Wildman–Crippen MR) is 149 cm³/mol. The summed E-state index contributed by atoms with van der Waals surface area (Å²) in [5.41, 5.74) is 5.21. The van der Waals surface area contributed by atoms with Gasteiger partial charge in [0.25, 0.3) is 0 Å². The van der Waals surface area contributed by atoms with Crippen LogP contribution in [-0.4, -0.2) is 11.6 Å². The van der Waals surface area contributed by atoms with E-state index in [1.807, 2.05) is 42.5 Å². The summed E-state index contributed by atoms with van der Waals surface area (Å²) in [7, 11) is 0. The van der Waals surface area contributed by atoms with Crippen LogP contribution in [-0.2, 0) is 16.2 Å². The normalized spacial score (nSPS) is 21.2. The molecule has 36 heavy (non-hydrogen) atoms. The van der Waals surface area contributed by atoms with Crippen molar-refractivity contribution in [3.63, 3.8) is 0 Å². The number of Topliss-reactive ketones (excluding diaryl/α,β-unsaturated/α-hetero) is 2. The highest BCUT2D eigenvalue weighted by Crippen LogP contribution is 2.52. The van der Waals surface area contributed by atoms with Crippen LogP contribution in [0.3, 0.4) is 0 Å². The molecule has 2 aromatic rings. The van der Waals surface area contributed by atoms with Gasteiger partial charge in [-0.15, -0.1) is 0 Å². The lowest BCUT2D eigenvalue weighted by molar-refractivity contribution is -0.119. The van der Waals surface area contributed by atoms with Crippen LogP contribution in [0.4, 0.5) is 0 Å². The highest BCUT2D eigenvalue weighted by atomic mass is 79.9. The zero-order valence-electron chi connectivity index (χ0n) is 21.1. The number of carbonyl (C=O) groups is 2. The summed E-state index contributed by atoms with van der Waals surface area (Å²) in [6.07, 6.45) is 2.53. The van der Waals surface area contributed by atoms with Gasteiger partial charge in [-0.25, -0.2) is 0 Å². The number of rotatable bonds is 4. The van der Waals surface area contributed by atoms with E-state index in [4.69, 9.17) is 4.74 Å². The number of benzene rings is 2. The molecule has 2 aromatic carbocycles. The van der Waals surface area contributed by atoms with Gasteiger partial charge in [-0.05, 0) is 78.8 Å². The molecule has 1 heterocycles. The van der Waals surface area contributed by atoms with E-state index in [-0.39, 0.29) is 28.3 Å². The quantitative estimate of drug-likeness (QED) is 0.383. The first-order valence-corrected chi connectivity index (χ1v) is 14.0. The number of ether oxygens (including phenoxy) is 1. The first kappa shape index (κ1) is 25.5. The minimum absolute atomic E-state index is 0.115. The molecule has 0 spiro atoms. The Bertz CT molecular complexity index is 1250. The zero-order chi connectivity index (χ0) is 25.8. The Labute approximate surface area is 229 Å². The molecule has 2 aliphatic carbocycles. The van der Waals surface area contributed by atoms with Crippen molar-refractivity contribution in [3.05, 3.63) is 85.1 Å². The molecule has 0 saturated heterocycles. The van der Waals surface area contributed by atoms with Crippen molar-refractivity contribution in [2.45, 2.75) is 65.9 Å². The molecule has 1 N–H and O–H groups in total. The summed E-state index contributed by atoms with van der Waals surface area (Å²) in [6, 6.07) is 14.0. The van der Waals surface area contributed by atoms with Crippen molar-refractivity contribution >= 4 is 43.4 Å². The van der Waals surface area contributed by atoms with Gasteiger partial charge in [-0.3, -0.25) is 9.59 Å². The lowest BCUT2D eigenvalue weighted by Gasteiger charge is -2.44. The molecule has 5 rings (SSSR count). The van der Waals surface area contributed by atoms with E-state index in [9.17, 15) is 9.59 Å². The van der Waals surface area contributed by atoms with Crippen LogP contribution >= 0.6 is 31.9 Å². The molecule has 0 radical (unpaired) electrons. The van der Waals surface area contributed by atoms with Crippen LogP contribution in [0.1, 0.15) is 70.4 Å². The van der Waals surface area contributed by atoms with E-state index in [1.54, 1.807) is 0 Å². The van der Waals surface area contributed by atoms with Crippen molar-refractivity contribution < 1.29 is 14.3 Å². The zero-order valence-corrected chi connectivity index (χ0v) is 24.3. The Morgan fingerprint density at radius 3 is 1.83 bits per heavy atom. The van der Waals surface area contributed by atoms with Crippen molar-refractivity contribution in [1.29, 1.82) is 0 Å². The molecule has 0 aromatic heterocycles. The molecule has 0 amide bonds. The van der Waals surface area contributed by atoms with Crippen molar-refractivity contribution in [1.82, 2.24) is 5.32 Å². The monoisotopic (exact) mass is 611 g/mol. The Hall–Kier alpha value is -2.18. The highest BCUT2D eigenvalue weighted by Gasteiger charge is 2.46. The number of hydrogen-bond acceptors (Lipinski definition) is 4. The Kier molecular flexibility index (Phi) is 6.57. The third kappa shape index (κ3) is 4.87. The summed E-state index contributed by atoms with van der Waals surface area (Å²) < 4.78 is 7.72. The highest BCUT2D eigenvalue weighted by molar-refractivity contribution is 9.11. The lowest BCUT2D eigenvalue weighted by Crippen LogP contribution is -2.42. The summed E-state index contributed by atoms with van der Waals surface area (Å²) in [4.78, 5) is 27.1. The van der Waals surface area contributed by atoms with Gasteiger partial charge in [0.05, 0.1) is 8.95 Å². The van der Waals surface area contributed by atoms with Gasteiger partial charge in [-0.2, -0.15) is 0 Å². The molecule has 6 heteroatoms. The third-order valence-electron chi connectivity index (χ3n) is 7.30. The van der Waals surface area contributed by atoms with Crippen LogP contribution in [0.2, 0.25) is 0 Å². The number of ketones is 2. The molecule has 1 aliphatic heterocycles. The molecule has 0 atom stereocenters. The van der Waals surface area contributed by atoms with Gasteiger partial charge in [0.2, 0.25) is 0 Å². The Morgan fingerprint density at radius 2 is 1.33 bits per heavy atom. The van der Waals surface area contributed by atoms with E-state index in [1.165, 1.54) is 0 Å². The summed E-state index contributed by atoms with van der Waals surface area (Å²) >= 11 is 7.42. The summed E-state index contributed by atoms with van der Waals surface area (Å²) in [5.74, 6) is 0.575. The standard InChI is InChI=1S/C30H31Br2NO3/c1-29(2)12-21-26(23(34)14-29)25(27-22(33-21)13-30(3,4)15-24(27)35)18-10-19(31)28(20(32)11-18)36-16-17-8-6-5-7-9-17/h5-11,25,33H,12-16H2,1-4H3. The first-order chi connectivity index (χ1) is 16.9. The summed E-state index contributed by atoms with van der Waals surface area (Å²) in [5, 5.41) is 3.58. The Balaban J connectivity index is 1.58. The van der Waals surface area contributed by atoms with Crippen LogP contribution in [0.25, 0.3) is 0 Å². The number of dihydropyridines is 1. The molecular weight excluding hydrogens is 582 g/mol. The number of halogens is 2. The van der Waals surface area contributed by atoms with Gasteiger partial charge in [0, 0.05) is 41.3 Å². The second-order valence-electron chi connectivity index (χ2n) is 11.8. The van der Waals surface area contributed by atoms with Gasteiger partial charge < -0.3 is 10.1 Å². The SMILES string of the molecule is CC1(C)CC(=O)C2=C(C1)NC1=C(C(=O)CC(C)(C)C1)C2c1cc(Br)c(OCc2ccccc2)c(Br)c1. The predicted octanol–water partition coefficient (Wildman–Crippen LogP) is 7.76. The lowest BCUT2D eigenvalue weighted by atomic mass is 9.64. The van der Waals surface area contributed by atoms with Gasteiger partial charge in [0.15, 0.2) is 11.6 Å². The smallest absolute Gasteiger partial charge is 0.162 e. The third-order valence-corrected chi connectivity index (χ3v) is 8.48. The fourth-order valence-corrected chi connectivity index (χ4v) is 7.29. The number of hydrogen-bond donors (Lipinski definition) is 1. The van der Waals surface area contributed by atoms with E-state index < -0.39 is 0 Å². The van der Waals surface area contributed by atoms with Crippen molar-refractivity contribution in [3.8, 4) is 5.75 Å². The minimum atomic E-state index is -0.376. The van der Waals surface area contributed by atoms with E-state index in [0.29, 0.717) is 25.2 Å². The minimum Gasteiger partial charge on any atom is -0.487 e. The molecule has 188 valence electrons. The fraction of sp³-hybridized carbons (Fsp3) is 0.400. The average Bonchev–Trinajstić information content (AvgIpc) is 2.76. The van der Waals surface area contributed by atoms with E-state index >= 15 is 0 Å². The largest absolute Gasteiger partial charge is 0.487 e. The van der Waals surface area contributed by atoms with E-state index in [2.05, 4.69) is 64.9 Å². The molecule has 0 unspecified atom stereocenters. The molecule has 0 bridgehead atoms. The van der Waals surface area contributed by atoms with Gasteiger partial charge in [0.1, 0.15) is 12.4 Å². The molecule has 4 nitrogen and oxygen atoms in total. The maximum absolute atomic E-state index is 13.6. The maximum atomic E-state index is 13.6. The molecule has 0 saturated carbocycles. The Morgan fingerprint density at radius 1 is 0.833 bits per heavy atom. The molecular formula is C30H31Br2NO3. The van der Waals surface area contributed by atoms with Crippen molar-refractivity contribution in [2.75, 3.05) is 0 Å². The second-order valence-corrected chi connectivity index (χ2v) is 13.5. The molecule has 0 fully saturated rings. The van der Waals surface area contributed by atoms with Crippen LogP contribution < -0.4 is 10.1 Å². The first-order valence-electron chi connectivity index (χ1n) is 12.4. The van der Waals surface area contributed by atoms with Crippen LogP contribution in [0, 0.1) is 10.8 Å². The van der Waals surface area contributed by atoms with Gasteiger partial charge >= 0.3 is 0 Å². The van der Waals surface area contributed by atoms with Crippen LogP contribution in [0.5, 0.6) is 5.75 Å². The number of nitrogens with one attached hydrogen (secondary N) is 1. The maximum Gasteiger partial charge on any atom is 0.162 e.